The summed E-state index contributed by atoms with van der Waals surface area (Å²) in [6.45, 7) is 8.56. The zero-order valence-corrected chi connectivity index (χ0v) is 13.5. The summed E-state index contributed by atoms with van der Waals surface area (Å²) in [5.41, 5.74) is -0.524. The molecule has 0 aromatic rings. The SMILES string of the molecule is CC(C)C1=CC23OC(=O)C4CC(CC42C(C)CC1)C3(C)O. The highest BCUT2D eigenvalue weighted by atomic mass is 16.6. The third-order valence-corrected chi connectivity index (χ3v) is 7.39. The maximum atomic E-state index is 12.5. The Balaban J connectivity index is 1.99. The molecular formula is C18H26O3. The van der Waals surface area contributed by atoms with Gasteiger partial charge in [-0.05, 0) is 56.4 Å². The lowest BCUT2D eigenvalue weighted by Gasteiger charge is -2.48. The summed E-state index contributed by atoms with van der Waals surface area (Å²) in [4.78, 5) is 12.5. The first-order chi connectivity index (χ1) is 9.76. The minimum Gasteiger partial charge on any atom is -0.451 e. The highest BCUT2D eigenvalue weighted by molar-refractivity contribution is 5.80. The largest absolute Gasteiger partial charge is 0.451 e. The fraction of sp³-hybridized carbons (Fsp3) is 0.833. The molecule has 21 heavy (non-hydrogen) atoms. The average molecular weight is 290 g/mol. The molecule has 1 aliphatic heterocycles. The van der Waals surface area contributed by atoms with Crippen LogP contribution in [0.2, 0.25) is 0 Å². The standard InChI is InChI=1S/C18H26O3/c1-10(2)12-6-5-11(3)17-9-13-7-14(17)15(19)21-18(17,8-12)16(13,4)20/h8,10-11,13-14,20H,5-7,9H2,1-4H3. The van der Waals surface area contributed by atoms with Crippen LogP contribution in [0.5, 0.6) is 0 Å². The van der Waals surface area contributed by atoms with Gasteiger partial charge in [0.1, 0.15) is 5.60 Å². The number of rotatable bonds is 1. The maximum Gasteiger partial charge on any atom is 0.310 e. The van der Waals surface area contributed by atoms with Gasteiger partial charge in [0.25, 0.3) is 0 Å². The van der Waals surface area contributed by atoms with Crippen LogP contribution in [0.1, 0.15) is 53.4 Å². The monoisotopic (exact) mass is 290 g/mol. The topological polar surface area (TPSA) is 46.5 Å². The Morgan fingerprint density at radius 3 is 2.81 bits per heavy atom. The van der Waals surface area contributed by atoms with E-state index in [1.54, 1.807) is 0 Å². The van der Waals surface area contributed by atoms with Crippen molar-refractivity contribution in [1.29, 1.82) is 0 Å². The molecular weight excluding hydrogens is 264 g/mol. The number of allylic oxidation sites excluding steroid dienone is 1. The van der Waals surface area contributed by atoms with E-state index in [4.69, 9.17) is 4.74 Å². The van der Waals surface area contributed by atoms with Crippen molar-refractivity contribution in [3.63, 3.8) is 0 Å². The van der Waals surface area contributed by atoms with Crippen LogP contribution in [0.4, 0.5) is 0 Å². The molecule has 3 nitrogen and oxygen atoms in total. The minimum absolute atomic E-state index is 0.000451. The molecule has 3 fully saturated rings. The van der Waals surface area contributed by atoms with E-state index in [2.05, 4.69) is 26.8 Å². The lowest BCUT2D eigenvalue weighted by Crippen LogP contribution is -2.60. The van der Waals surface area contributed by atoms with E-state index < -0.39 is 11.2 Å². The lowest BCUT2D eigenvalue weighted by atomic mass is 9.57. The Bertz CT molecular complexity index is 547. The fourth-order valence-electron chi connectivity index (χ4n) is 6.13. The van der Waals surface area contributed by atoms with E-state index in [1.807, 2.05) is 6.92 Å². The second-order valence-corrected chi connectivity index (χ2v) is 8.35. The molecule has 4 aliphatic rings. The van der Waals surface area contributed by atoms with Gasteiger partial charge < -0.3 is 9.84 Å². The fourth-order valence-corrected chi connectivity index (χ4v) is 6.13. The molecule has 116 valence electrons. The predicted molar refractivity (Wildman–Crippen MR) is 79.4 cm³/mol. The first-order valence-electron chi connectivity index (χ1n) is 8.43. The summed E-state index contributed by atoms with van der Waals surface area (Å²) in [5.74, 6) is 0.984. The molecule has 1 N–H and O–H groups in total. The zero-order chi connectivity index (χ0) is 15.2. The van der Waals surface area contributed by atoms with Crippen molar-refractivity contribution in [3.05, 3.63) is 11.6 Å². The molecule has 0 radical (unpaired) electrons. The van der Waals surface area contributed by atoms with E-state index in [-0.39, 0.29) is 23.2 Å². The highest BCUT2D eigenvalue weighted by Gasteiger charge is 2.83. The van der Waals surface area contributed by atoms with Crippen LogP contribution in [0.25, 0.3) is 0 Å². The lowest BCUT2D eigenvalue weighted by molar-refractivity contribution is -0.175. The average Bonchev–Trinajstić information content (AvgIpc) is 2.90. The van der Waals surface area contributed by atoms with Gasteiger partial charge in [0.15, 0.2) is 5.60 Å². The van der Waals surface area contributed by atoms with Crippen LogP contribution in [0, 0.1) is 29.1 Å². The molecule has 1 spiro atoms. The number of fused-ring (bicyclic) bond motifs is 1. The van der Waals surface area contributed by atoms with Crippen LogP contribution in [0.15, 0.2) is 11.6 Å². The van der Waals surface area contributed by atoms with E-state index in [9.17, 15) is 9.90 Å². The van der Waals surface area contributed by atoms with Crippen molar-refractivity contribution in [2.45, 2.75) is 64.6 Å². The van der Waals surface area contributed by atoms with Gasteiger partial charge in [0.05, 0.1) is 5.92 Å². The summed E-state index contributed by atoms with van der Waals surface area (Å²) in [7, 11) is 0. The van der Waals surface area contributed by atoms with Gasteiger partial charge in [0.2, 0.25) is 0 Å². The number of hydrogen-bond donors (Lipinski definition) is 1. The number of carbonyl (C=O) groups is 1. The van der Waals surface area contributed by atoms with Crippen molar-refractivity contribution < 1.29 is 14.6 Å². The first-order valence-corrected chi connectivity index (χ1v) is 8.43. The molecule has 4 rings (SSSR count). The summed E-state index contributed by atoms with van der Waals surface area (Å²) >= 11 is 0. The zero-order valence-electron chi connectivity index (χ0n) is 13.5. The van der Waals surface area contributed by atoms with Gasteiger partial charge in [-0.3, -0.25) is 4.79 Å². The van der Waals surface area contributed by atoms with Crippen molar-refractivity contribution >= 4 is 5.97 Å². The van der Waals surface area contributed by atoms with Crippen molar-refractivity contribution in [2.75, 3.05) is 0 Å². The first kappa shape index (κ1) is 13.8. The maximum absolute atomic E-state index is 12.5. The molecule has 0 amide bonds. The molecule has 3 heteroatoms. The van der Waals surface area contributed by atoms with Gasteiger partial charge in [-0.15, -0.1) is 0 Å². The molecule has 2 bridgehead atoms. The quantitative estimate of drug-likeness (QED) is 0.596. The second-order valence-electron chi connectivity index (χ2n) is 8.35. The van der Waals surface area contributed by atoms with Crippen LogP contribution in [-0.4, -0.2) is 22.3 Å². The number of carbonyl (C=O) groups excluding carboxylic acids is 1. The highest BCUT2D eigenvalue weighted by Crippen LogP contribution is 2.76. The molecule has 2 saturated carbocycles. The third kappa shape index (κ3) is 1.25. The minimum atomic E-state index is -0.922. The van der Waals surface area contributed by atoms with E-state index in [0.717, 1.165) is 25.7 Å². The third-order valence-electron chi connectivity index (χ3n) is 7.39. The van der Waals surface area contributed by atoms with Crippen LogP contribution < -0.4 is 0 Å². The van der Waals surface area contributed by atoms with E-state index >= 15 is 0 Å². The molecule has 1 saturated heterocycles. The number of aliphatic hydroxyl groups is 1. The van der Waals surface area contributed by atoms with Gasteiger partial charge in [0, 0.05) is 5.41 Å². The van der Waals surface area contributed by atoms with E-state index in [1.165, 1.54) is 5.57 Å². The molecule has 0 aromatic carbocycles. The predicted octanol–water partition coefficient (Wildman–Crippen LogP) is 3.07. The van der Waals surface area contributed by atoms with Gasteiger partial charge >= 0.3 is 5.97 Å². The molecule has 6 unspecified atom stereocenters. The summed E-state index contributed by atoms with van der Waals surface area (Å²) in [6, 6.07) is 0. The summed E-state index contributed by atoms with van der Waals surface area (Å²) in [5, 5.41) is 11.3. The molecule has 6 atom stereocenters. The van der Waals surface area contributed by atoms with Crippen molar-refractivity contribution in [2.24, 2.45) is 29.1 Å². The number of hydrogen-bond acceptors (Lipinski definition) is 3. The van der Waals surface area contributed by atoms with E-state index in [0.29, 0.717) is 11.8 Å². The van der Waals surface area contributed by atoms with Crippen molar-refractivity contribution in [3.8, 4) is 0 Å². The Morgan fingerprint density at radius 2 is 2.14 bits per heavy atom. The number of esters is 1. The molecule has 0 aromatic heterocycles. The van der Waals surface area contributed by atoms with Gasteiger partial charge in [-0.1, -0.05) is 26.3 Å². The summed E-state index contributed by atoms with van der Waals surface area (Å²) < 4.78 is 6.00. The summed E-state index contributed by atoms with van der Waals surface area (Å²) in [6.07, 6.45) is 6.09. The Labute approximate surface area is 126 Å². The Kier molecular flexibility index (Phi) is 2.45. The second kappa shape index (κ2) is 3.73. The van der Waals surface area contributed by atoms with Gasteiger partial charge in [-0.25, -0.2) is 0 Å². The number of ether oxygens (including phenoxy) is 1. The Hall–Kier alpha value is -0.830. The van der Waals surface area contributed by atoms with Crippen LogP contribution in [-0.2, 0) is 9.53 Å². The smallest absolute Gasteiger partial charge is 0.310 e. The normalized spacial score (nSPS) is 54.5. The van der Waals surface area contributed by atoms with Crippen LogP contribution >= 0.6 is 0 Å². The van der Waals surface area contributed by atoms with Gasteiger partial charge in [-0.2, -0.15) is 0 Å². The molecule has 1 heterocycles. The van der Waals surface area contributed by atoms with Crippen LogP contribution in [0.3, 0.4) is 0 Å². The molecule has 3 aliphatic carbocycles. The van der Waals surface area contributed by atoms with Crippen molar-refractivity contribution in [1.82, 2.24) is 0 Å². The Morgan fingerprint density at radius 1 is 1.43 bits per heavy atom.